The summed E-state index contributed by atoms with van der Waals surface area (Å²) in [6.45, 7) is -0.433. The molecule has 0 aliphatic heterocycles. The maximum Gasteiger partial charge on any atom is 0.337 e. The number of aromatic carboxylic acids is 1. The van der Waals surface area contributed by atoms with Gasteiger partial charge in [0.2, 0.25) is 0 Å². The second kappa shape index (κ2) is 4.77. The number of aliphatic hydroxyl groups is 2. The van der Waals surface area contributed by atoms with Crippen LogP contribution in [-0.2, 0) is 0 Å². The van der Waals surface area contributed by atoms with Crippen LogP contribution in [0.2, 0.25) is 0 Å². The van der Waals surface area contributed by atoms with Gasteiger partial charge in [0.05, 0.1) is 12.2 Å². The fourth-order valence-corrected chi connectivity index (χ4v) is 1.27. The van der Waals surface area contributed by atoms with Crippen molar-refractivity contribution in [3.8, 4) is 0 Å². The Hall–Kier alpha value is -1.59. The van der Waals surface area contributed by atoms with Crippen molar-refractivity contribution in [1.29, 1.82) is 0 Å². The minimum absolute atomic E-state index is 0.0718. The van der Waals surface area contributed by atoms with Crippen molar-refractivity contribution in [1.82, 2.24) is 0 Å². The Balaban J connectivity index is 3.16. The SMILES string of the molecule is CNc1ccc(C(O)CO)cc1C(=O)O. The van der Waals surface area contributed by atoms with Crippen LogP contribution in [0.15, 0.2) is 18.2 Å². The maximum absolute atomic E-state index is 10.9. The average Bonchev–Trinajstić information content (AvgIpc) is 2.27. The highest BCUT2D eigenvalue weighted by atomic mass is 16.4. The highest BCUT2D eigenvalue weighted by Gasteiger charge is 2.13. The molecule has 0 aliphatic rings. The molecule has 0 radical (unpaired) electrons. The topological polar surface area (TPSA) is 89.8 Å². The molecule has 1 unspecified atom stereocenters. The summed E-state index contributed by atoms with van der Waals surface area (Å²) in [7, 11) is 1.61. The van der Waals surface area contributed by atoms with Gasteiger partial charge in [-0.1, -0.05) is 6.07 Å². The zero-order valence-electron chi connectivity index (χ0n) is 8.27. The van der Waals surface area contributed by atoms with Gasteiger partial charge in [-0.25, -0.2) is 4.79 Å². The number of benzene rings is 1. The van der Waals surface area contributed by atoms with Crippen molar-refractivity contribution >= 4 is 11.7 Å². The van der Waals surface area contributed by atoms with Crippen LogP contribution in [-0.4, -0.2) is 34.9 Å². The lowest BCUT2D eigenvalue weighted by Gasteiger charge is -2.11. The summed E-state index contributed by atoms with van der Waals surface area (Å²) in [4.78, 5) is 10.9. The number of carboxylic acids is 1. The van der Waals surface area contributed by atoms with Gasteiger partial charge in [0.25, 0.3) is 0 Å². The lowest BCUT2D eigenvalue weighted by Crippen LogP contribution is -2.07. The largest absolute Gasteiger partial charge is 0.478 e. The van der Waals surface area contributed by atoms with E-state index in [-0.39, 0.29) is 5.56 Å². The molecule has 5 heteroatoms. The zero-order chi connectivity index (χ0) is 11.4. The fraction of sp³-hybridized carbons (Fsp3) is 0.300. The molecule has 0 heterocycles. The zero-order valence-corrected chi connectivity index (χ0v) is 8.27. The molecule has 0 aliphatic carbocycles. The molecule has 0 spiro atoms. The molecule has 0 amide bonds. The van der Waals surface area contributed by atoms with E-state index in [1.807, 2.05) is 0 Å². The van der Waals surface area contributed by atoms with Crippen LogP contribution in [0.4, 0.5) is 5.69 Å². The van der Waals surface area contributed by atoms with Crippen molar-refractivity contribution in [2.24, 2.45) is 0 Å². The van der Waals surface area contributed by atoms with E-state index in [1.54, 1.807) is 19.2 Å². The molecule has 15 heavy (non-hydrogen) atoms. The number of hydrogen-bond acceptors (Lipinski definition) is 4. The van der Waals surface area contributed by atoms with E-state index in [1.165, 1.54) is 6.07 Å². The monoisotopic (exact) mass is 211 g/mol. The summed E-state index contributed by atoms with van der Waals surface area (Å²) in [6.07, 6.45) is -1.05. The van der Waals surface area contributed by atoms with Gasteiger partial charge in [-0.15, -0.1) is 0 Å². The Morgan fingerprint density at radius 1 is 1.53 bits per heavy atom. The summed E-state index contributed by atoms with van der Waals surface area (Å²) in [5.41, 5.74) is 0.924. The summed E-state index contributed by atoms with van der Waals surface area (Å²) in [6, 6.07) is 4.46. The Bertz CT molecular complexity index is 364. The summed E-state index contributed by atoms with van der Waals surface area (Å²) in [5.74, 6) is -1.08. The molecule has 0 aromatic heterocycles. The predicted octanol–water partition coefficient (Wildman–Crippen LogP) is 0.452. The maximum atomic E-state index is 10.9. The molecular formula is C10H13NO4. The first-order valence-electron chi connectivity index (χ1n) is 4.44. The standard InChI is InChI=1S/C10H13NO4/c1-11-8-3-2-6(9(13)5-12)4-7(8)10(14)15/h2-4,9,11-13H,5H2,1H3,(H,14,15). The van der Waals surface area contributed by atoms with Gasteiger partial charge in [0, 0.05) is 12.7 Å². The molecule has 5 nitrogen and oxygen atoms in total. The van der Waals surface area contributed by atoms with Crippen molar-refractivity contribution in [3.05, 3.63) is 29.3 Å². The van der Waals surface area contributed by atoms with E-state index >= 15 is 0 Å². The van der Waals surface area contributed by atoms with Crippen molar-refractivity contribution in [2.75, 3.05) is 19.0 Å². The number of anilines is 1. The quantitative estimate of drug-likeness (QED) is 0.580. The lowest BCUT2D eigenvalue weighted by molar-refractivity contribution is 0.0696. The highest BCUT2D eigenvalue weighted by molar-refractivity contribution is 5.94. The van der Waals surface area contributed by atoms with Crippen LogP contribution in [0.3, 0.4) is 0 Å². The van der Waals surface area contributed by atoms with Gasteiger partial charge in [0.1, 0.15) is 6.10 Å². The molecule has 0 saturated carbocycles. The fourth-order valence-electron chi connectivity index (χ4n) is 1.27. The van der Waals surface area contributed by atoms with Crippen LogP contribution >= 0.6 is 0 Å². The molecule has 1 aromatic rings. The number of carbonyl (C=O) groups is 1. The van der Waals surface area contributed by atoms with Crippen LogP contribution < -0.4 is 5.32 Å². The Labute approximate surface area is 87.0 Å². The molecule has 0 saturated heterocycles. The van der Waals surface area contributed by atoms with Gasteiger partial charge in [0.15, 0.2) is 0 Å². The molecule has 4 N–H and O–H groups in total. The number of rotatable bonds is 4. The number of aliphatic hydroxyl groups excluding tert-OH is 2. The van der Waals surface area contributed by atoms with Gasteiger partial charge >= 0.3 is 5.97 Å². The van der Waals surface area contributed by atoms with E-state index in [9.17, 15) is 9.90 Å². The smallest absolute Gasteiger partial charge is 0.337 e. The van der Waals surface area contributed by atoms with Crippen molar-refractivity contribution in [2.45, 2.75) is 6.10 Å². The number of nitrogens with one attached hydrogen (secondary N) is 1. The number of hydrogen-bond donors (Lipinski definition) is 4. The molecule has 1 rings (SSSR count). The van der Waals surface area contributed by atoms with Gasteiger partial charge in [-0.2, -0.15) is 0 Å². The normalized spacial score (nSPS) is 12.2. The van der Waals surface area contributed by atoms with Crippen LogP contribution in [0.5, 0.6) is 0 Å². The highest BCUT2D eigenvalue weighted by Crippen LogP contribution is 2.21. The van der Waals surface area contributed by atoms with E-state index in [2.05, 4.69) is 5.32 Å². The van der Waals surface area contributed by atoms with Crippen molar-refractivity contribution < 1.29 is 20.1 Å². The molecule has 1 atom stereocenters. The Kier molecular flexibility index (Phi) is 3.65. The van der Waals surface area contributed by atoms with Crippen LogP contribution in [0.1, 0.15) is 22.0 Å². The third-order valence-electron chi connectivity index (χ3n) is 2.10. The van der Waals surface area contributed by atoms with E-state index in [0.29, 0.717) is 11.3 Å². The Morgan fingerprint density at radius 3 is 2.67 bits per heavy atom. The lowest BCUT2D eigenvalue weighted by atomic mass is 10.0. The summed E-state index contributed by atoms with van der Waals surface area (Å²) in [5, 5.41) is 29.7. The molecular weight excluding hydrogens is 198 g/mol. The average molecular weight is 211 g/mol. The van der Waals surface area contributed by atoms with E-state index in [4.69, 9.17) is 10.2 Å². The molecule has 0 fully saturated rings. The first-order valence-corrected chi connectivity index (χ1v) is 4.44. The summed E-state index contributed by atoms with van der Waals surface area (Å²) < 4.78 is 0. The van der Waals surface area contributed by atoms with Gasteiger partial charge in [-0.05, 0) is 17.7 Å². The van der Waals surface area contributed by atoms with Gasteiger partial charge in [-0.3, -0.25) is 0 Å². The van der Waals surface area contributed by atoms with Crippen molar-refractivity contribution in [3.63, 3.8) is 0 Å². The first kappa shape index (κ1) is 11.5. The Morgan fingerprint density at radius 2 is 2.20 bits per heavy atom. The predicted molar refractivity (Wildman–Crippen MR) is 55.0 cm³/mol. The number of carboxylic acid groups (broad SMARTS) is 1. The second-order valence-corrected chi connectivity index (χ2v) is 3.06. The van der Waals surface area contributed by atoms with Crippen LogP contribution in [0.25, 0.3) is 0 Å². The molecule has 82 valence electrons. The molecule has 1 aromatic carbocycles. The van der Waals surface area contributed by atoms with Gasteiger partial charge < -0.3 is 20.6 Å². The molecule has 0 bridgehead atoms. The van der Waals surface area contributed by atoms with E-state index in [0.717, 1.165) is 0 Å². The third kappa shape index (κ3) is 2.45. The summed E-state index contributed by atoms with van der Waals surface area (Å²) >= 11 is 0. The van der Waals surface area contributed by atoms with E-state index < -0.39 is 18.7 Å². The first-order chi connectivity index (χ1) is 7.10. The minimum atomic E-state index is -1.08. The van der Waals surface area contributed by atoms with Crippen LogP contribution in [0, 0.1) is 0 Å². The second-order valence-electron chi connectivity index (χ2n) is 3.06. The minimum Gasteiger partial charge on any atom is -0.478 e. The third-order valence-corrected chi connectivity index (χ3v) is 2.10.